The van der Waals surface area contributed by atoms with Gasteiger partial charge in [-0.15, -0.1) is 0 Å². The summed E-state index contributed by atoms with van der Waals surface area (Å²) < 4.78 is 10.3. The Kier molecular flexibility index (Phi) is 11.8. The minimum atomic E-state index is -0.955. The van der Waals surface area contributed by atoms with Gasteiger partial charge in [-0.3, -0.25) is 4.79 Å². The molecule has 3 N–H and O–H groups in total. The molecule has 1 atom stereocenters. The van der Waals surface area contributed by atoms with Crippen LogP contribution in [0.1, 0.15) is 32.6 Å². The zero-order chi connectivity index (χ0) is 15.2. The number of amides is 2. The lowest BCUT2D eigenvalue weighted by atomic mass is 10.2. The second kappa shape index (κ2) is 12.7. The van der Waals surface area contributed by atoms with Crippen molar-refractivity contribution in [2.75, 3.05) is 33.4 Å². The number of aliphatic carboxylic acids is 1. The van der Waals surface area contributed by atoms with Gasteiger partial charge in [-0.05, 0) is 12.8 Å². The highest BCUT2D eigenvalue weighted by atomic mass is 16.5. The summed E-state index contributed by atoms with van der Waals surface area (Å²) in [5.41, 5.74) is 0. The SMILES string of the molecule is CCCCOCCCNC(=O)NCC(CC(=O)O)OC. The highest BCUT2D eigenvalue weighted by molar-refractivity contribution is 5.74. The first kappa shape index (κ1) is 18.7. The summed E-state index contributed by atoms with van der Waals surface area (Å²) in [6.07, 6.45) is 2.26. The van der Waals surface area contributed by atoms with E-state index in [-0.39, 0.29) is 19.0 Å². The number of hydrogen-bond donors (Lipinski definition) is 3. The number of carbonyl (C=O) groups is 2. The lowest BCUT2D eigenvalue weighted by Crippen LogP contribution is -2.41. The van der Waals surface area contributed by atoms with Crippen LogP contribution in [0.25, 0.3) is 0 Å². The number of hydrogen-bond acceptors (Lipinski definition) is 4. The van der Waals surface area contributed by atoms with Crippen LogP contribution < -0.4 is 10.6 Å². The third-order valence-corrected chi connectivity index (χ3v) is 2.62. The Labute approximate surface area is 120 Å². The number of methoxy groups -OCH3 is 1. The Bertz CT molecular complexity index is 273. The number of nitrogens with one attached hydrogen (secondary N) is 2. The standard InChI is InChI=1S/C13H26N2O5/c1-3-4-7-20-8-5-6-14-13(18)15-10-11(19-2)9-12(16)17/h11H,3-10H2,1-2H3,(H,16,17)(H2,14,15,18). The Hall–Kier alpha value is -1.34. The molecule has 20 heavy (non-hydrogen) atoms. The predicted octanol–water partition coefficient (Wildman–Crippen LogP) is 0.982. The summed E-state index contributed by atoms with van der Waals surface area (Å²) >= 11 is 0. The van der Waals surface area contributed by atoms with Gasteiger partial charge in [0.25, 0.3) is 0 Å². The van der Waals surface area contributed by atoms with Crippen molar-refractivity contribution >= 4 is 12.0 Å². The second-order valence-corrected chi connectivity index (χ2v) is 4.41. The van der Waals surface area contributed by atoms with Crippen molar-refractivity contribution in [3.8, 4) is 0 Å². The van der Waals surface area contributed by atoms with Crippen LogP contribution >= 0.6 is 0 Å². The number of carbonyl (C=O) groups excluding carboxylic acids is 1. The maximum atomic E-state index is 11.4. The van der Waals surface area contributed by atoms with E-state index in [4.69, 9.17) is 14.6 Å². The van der Waals surface area contributed by atoms with E-state index in [1.807, 2.05) is 0 Å². The second-order valence-electron chi connectivity index (χ2n) is 4.41. The summed E-state index contributed by atoms with van der Waals surface area (Å²) in [5, 5.41) is 13.9. The van der Waals surface area contributed by atoms with Gasteiger partial charge in [-0.25, -0.2) is 4.79 Å². The van der Waals surface area contributed by atoms with E-state index < -0.39 is 12.1 Å². The molecule has 0 aromatic carbocycles. The van der Waals surface area contributed by atoms with Crippen LogP contribution in [0.3, 0.4) is 0 Å². The molecule has 7 heteroatoms. The highest BCUT2D eigenvalue weighted by Crippen LogP contribution is 1.95. The van der Waals surface area contributed by atoms with Crippen LogP contribution in [-0.2, 0) is 14.3 Å². The van der Waals surface area contributed by atoms with Gasteiger partial charge in [-0.2, -0.15) is 0 Å². The summed E-state index contributed by atoms with van der Waals surface area (Å²) in [6.45, 7) is 4.18. The minimum Gasteiger partial charge on any atom is -0.481 e. The zero-order valence-corrected chi connectivity index (χ0v) is 12.3. The molecule has 0 spiro atoms. The number of urea groups is 1. The first-order valence-electron chi connectivity index (χ1n) is 6.94. The fraction of sp³-hybridized carbons (Fsp3) is 0.846. The zero-order valence-electron chi connectivity index (χ0n) is 12.3. The van der Waals surface area contributed by atoms with Crippen molar-refractivity contribution in [3.05, 3.63) is 0 Å². The van der Waals surface area contributed by atoms with Gasteiger partial charge in [0.05, 0.1) is 12.5 Å². The van der Waals surface area contributed by atoms with Crippen molar-refractivity contribution in [3.63, 3.8) is 0 Å². The maximum Gasteiger partial charge on any atom is 0.314 e. The molecule has 0 aliphatic rings. The van der Waals surface area contributed by atoms with Gasteiger partial charge < -0.3 is 25.2 Å². The number of rotatable bonds is 12. The Balaban J connectivity index is 3.50. The van der Waals surface area contributed by atoms with Crippen molar-refractivity contribution in [1.29, 1.82) is 0 Å². The number of unbranched alkanes of at least 4 members (excludes halogenated alkanes) is 1. The first-order chi connectivity index (χ1) is 9.60. The molecule has 0 aromatic rings. The van der Waals surface area contributed by atoms with Gasteiger partial charge in [-0.1, -0.05) is 13.3 Å². The maximum absolute atomic E-state index is 11.4. The van der Waals surface area contributed by atoms with Gasteiger partial charge in [0.2, 0.25) is 0 Å². The fourth-order valence-corrected chi connectivity index (χ4v) is 1.43. The number of carboxylic acids is 1. The molecule has 0 saturated heterocycles. The topological polar surface area (TPSA) is 96.9 Å². The van der Waals surface area contributed by atoms with E-state index in [2.05, 4.69) is 17.6 Å². The van der Waals surface area contributed by atoms with E-state index in [0.29, 0.717) is 13.2 Å². The predicted molar refractivity (Wildman–Crippen MR) is 74.8 cm³/mol. The normalized spacial score (nSPS) is 11.9. The lowest BCUT2D eigenvalue weighted by Gasteiger charge is -2.14. The van der Waals surface area contributed by atoms with E-state index in [0.717, 1.165) is 25.9 Å². The number of carboxylic acid groups (broad SMARTS) is 1. The summed E-state index contributed by atoms with van der Waals surface area (Å²) in [6, 6.07) is -0.328. The van der Waals surface area contributed by atoms with Crippen LogP contribution in [0.4, 0.5) is 4.79 Å². The van der Waals surface area contributed by atoms with E-state index in [1.165, 1.54) is 7.11 Å². The molecule has 1 unspecified atom stereocenters. The van der Waals surface area contributed by atoms with E-state index in [1.54, 1.807) is 0 Å². The van der Waals surface area contributed by atoms with Gasteiger partial charge >= 0.3 is 12.0 Å². The Morgan fingerprint density at radius 2 is 1.90 bits per heavy atom. The van der Waals surface area contributed by atoms with Crippen LogP contribution in [0.5, 0.6) is 0 Å². The van der Waals surface area contributed by atoms with Crippen molar-refractivity contribution in [1.82, 2.24) is 10.6 Å². The molecule has 118 valence electrons. The quantitative estimate of drug-likeness (QED) is 0.466. The van der Waals surface area contributed by atoms with Gasteiger partial charge in [0.15, 0.2) is 0 Å². The number of ether oxygens (including phenoxy) is 2. The molecule has 2 amide bonds. The molecule has 0 rings (SSSR count). The van der Waals surface area contributed by atoms with Crippen molar-refractivity contribution in [2.45, 2.75) is 38.7 Å². The molecule has 0 saturated carbocycles. The molecular formula is C13H26N2O5. The average Bonchev–Trinajstić information content (AvgIpc) is 2.42. The molecule has 0 aromatic heterocycles. The fourth-order valence-electron chi connectivity index (χ4n) is 1.43. The van der Waals surface area contributed by atoms with E-state index >= 15 is 0 Å². The smallest absolute Gasteiger partial charge is 0.314 e. The van der Waals surface area contributed by atoms with E-state index in [9.17, 15) is 9.59 Å². The average molecular weight is 290 g/mol. The molecule has 0 radical (unpaired) electrons. The Morgan fingerprint density at radius 1 is 1.20 bits per heavy atom. The molecule has 7 nitrogen and oxygen atoms in total. The first-order valence-corrected chi connectivity index (χ1v) is 6.94. The summed E-state index contributed by atoms with van der Waals surface area (Å²) in [5.74, 6) is -0.955. The van der Waals surface area contributed by atoms with Gasteiger partial charge in [0.1, 0.15) is 0 Å². The lowest BCUT2D eigenvalue weighted by molar-refractivity contribution is -0.139. The molecule has 0 bridgehead atoms. The summed E-state index contributed by atoms with van der Waals surface area (Å²) in [7, 11) is 1.42. The third-order valence-electron chi connectivity index (χ3n) is 2.62. The largest absolute Gasteiger partial charge is 0.481 e. The van der Waals surface area contributed by atoms with Gasteiger partial charge in [0, 0.05) is 33.4 Å². The monoisotopic (exact) mass is 290 g/mol. The molecule has 0 heterocycles. The van der Waals surface area contributed by atoms with Crippen molar-refractivity contribution in [2.24, 2.45) is 0 Å². The van der Waals surface area contributed by atoms with Crippen LogP contribution in [-0.4, -0.2) is 56.6 Å². The van der Waals surface area contributed by atoms with Crippen LogP contribution in [0, 0.1) is 0 Å². The summed E-state index contributed by atoms with van der Waals surface area (Å²) in [4.78, 5) is 21.9. The molecule has 0 aliphatic heterocycles. The van der Waals surface area contributed by atoms with Crippen LogP contribution in [0.15, 0.2) is 0 Å². The van der Waals surface area contributed by atoms with Crippen molar-refractivity contribution < 1.29 is 24.2 Å². The molecule has 0 fully saturated rings. The van der Waals surface area contributed by atoms with Crippen LogP contribution in [0.2, 0.25) is 0 Å². The molecule has 0 aliphatic carbocycles. The highest BCUT2D eigenvalue weighted by Gasteiger charge is 2.13. The minimum absolute atomic E-state index is 0.137. The molecular weight excluding hydrogens is 264 g/mol. The Morgan fingerprint density at radius 3 is 2.50 bits per heavy atom. The third kappa shape index (κ3) is 11.7.